The number of aromatic nitrogens is 1. The number of fused-ring (bicyclic) bond motifs is 1. The minimum Gasteiger partial charge on any atom is -0.267 e. The van der Waals surface area contributed by atoms with E-state index in [1.54, 1.807) is 30.3 Å². The second kappa shape index (κ2) is 8.38. The SMILES string of the molecule is O=C(c1cccc(Br)c1)N(/N=C/c1ccc([N+](=O)[O-])s1)c1nc2ccc(F)cc2s1. The first-order chi connectivity index (χ1) is 14.4. The van der Waals surface area contributed by atoms with Crippen molar-refractivity contribution in [3.8, 4) is 0 Å². The topological polar surface area (TPSA) is 88.7 Å². The Labute approximate surface area is 185 Å². The molecule has 0 aliphatic rings. The van der Waals surface area contributed by atoms with Gasteiger partial charge in [-0.05, 0) is 42.5 Å². The zero-order valence-electron chi connectivity index (χ0n) is 14.9. The van der Waals surface area contributed by atoms with Gasteiger partial charge in [0.15, 0.2) is 0 Å². The van der Waals surface area contributed by atoms with Crippen molar-refractivity contribution in [2.75, 3.05) is 5.01 Å². The van der Waals surface area contributed by atoms with Crippen LogP contribution in [0.15, 0.2) is 64.2 Å². The highest BCUT2D eigenvalue weighted by Crippen LogP contribution is 2.31. The maximum absolute atomic E-state index is 13.6. The molecule has 0 radical (unpaired) electrons. The molecule has 0 saturated heterocycles. The van der Waals surface area contributed by atoms with Gasteiger partial charge in [0.2, 0.25) is 5.13 Å². The summed E-state index contributed by atoms with van der Waals surface area (Å²) in [6, 6.07) is 13.9. The van der Waals surface area contributed by atoms with Gasteiger partial charge in [0.1, 0.15) is 5.82 Å². The zero-order valence-corrected chi connectivity index (χ0v) is 18.1. The standard InChI is InChI=1S/C19H10BrFN4O3S2/c20-12-3-1-2-11(8-12)18(26)24(22-10-14-5-7-17(29-14)25(27)28)19-23-15-6-4-13(21)9-16(15)30-19/h1-10H/b22-10+. The van der Waals surface area contributed by atoms with Gasteiger partial charge < -0.3 is 0 Å². The predicted molar refractivity (Wildman–Crippen MR) is 119 cm³/mol. The number of carbonyl (C=O) groups is 1. The van der Waals surface area contributed by atoms with Crippen molar-refractivity contribution in [2.24, 2.45) is 5.10 Å². The van der Waals surface area contributed by atoms with E-state index in [1.165, 1.54) is 30.5 Å². The molecule has 2 aromatic heterocycles. The smallest absolute Gasteiger partial charge is 0.267 e. The van der Waals surface area contributed by atoms with E-state index in [0.717, 1.165) is 32.2 Å². The molecule has 1 amide bonds. The quantitative estimate of drug-likeness (QED) is 0.193. The molecule has 4 rings (SSSR count). The molecule has 0 saturated carbocycles. The highest BCUT2D eigenvalue weighted by molar-refractivity contribution is 9.10. The third kappa shape index (κ3) is 4.27. The summed E-state index contributed by atoms with van der Waals surface area (Å²) in [5.41, 5.74) is 0.898. The molecule has 0 unspecified atom stereocenters. The molecule has 0 fully saturated rings. The Balaban J connectivity index is 1.75. The van der Waals surface area contributed by atoms with Gasteiger partial charge in [-0.2, -0.15) is 10.1 Å². The molecule has 0 bridgehead atoms. The Kier molecular flexibility index (Phi) is 5.66. The number of carbonyl (C=O) groups excluding carboxylic acids is 1. The fourth-order valence-corrected chi connectivity index (χ4v) is 4.57. The number of halogens is 2. The van der Waals surface area contributed by atoms with Gasteiger partial charge >= 0.3 is 5.00 Å². The van der Waals surface area contributed by atoms with Crippen molar-refractivity contribution in [1.29, 1.82) is 0 Å². The average Bonchev–Trinajstić information content (AvgIpc) is 3.35. The van der Waals surface area contributed by atoms with Crippen LogP contribution in [0.3, 0.4) is 0 Å². The Bertz CT molecular complexity index is 1300. The minimum absolute atomic E-state index is 0.0308. The second-order valence-corrected chi connectivity index (χ2v) is 8.93. The predicted octanol–water partition coefficient (Wildman–Crippen LogP) is 5.85. The van der Waals surface area contributed by atoms with Crippen LogP contribution in [0.25, 0.3) is 10.2 Å². The van der Waals surface area contributed by atoms with E-state index < -0.39 is 16.6 Å². The molecule has 150 valence electrons. The monoisotopic (exact) mass is 504 g/mol. The number of amides is 1. The van der Waals surface area contributed by atoms with E-state index in [2.05, 4.69) is 26.0 Å². The summed E-state index contributed by atoms with van der Waals surface area (Å²) in [5, 5.41) is 16.5. The van der Waals surface area contributed by atoms with Crippen LogP contribution in [0.4, 0.5) is 14.5 Å². The molecular weight excluding hydrogens is 495 g/mol. The number of nitrogens with zero attached hydrogens (tertiary/aromatic N) is 4. The van der Waals surface area contributed by atoms with E-state index >= 15 is 0 Å². The average molecular weight is 505 g/mol. The van der Waals surface area contributed by atoms with Crippen molar-refractivity contribution < 1.29 is 14.1 Å². The first kappa shape index (κ1) is 20.3. The van der Waals surface area contributed by atoms with E-state index in [4.69, 9.17) is 0 Å². The third-order valence-electron chi connectivity index (χ3n) is 3.88. The lowest BCUT2D eigenvalue weighted by Gasteiger charge is -2.13. The number of rotatable bonds is 5. The highest BCUT2D eigenvalue weighted by Gasteiger charge is 2.21. The molecule has 4 aromatic rings. The van der Waals surface area contributed by atoms with Crippen LogP contribution in [0.2, 0.25) is 0 Å². The van der Waals surface area contributed by atoms with E-state index in [-0.39, 0.29) is 10.1 Å². The van der Waals surface area contributed by atoms with Crippen molar-refractivity contribution >= 4 is 71.1 Å². The maximum Gasteiger partial charge on any atom is 0.324 e. The Morgan fingerprint density at radius 2 is 2.03 bits per heavy atom. The number of hydrazone groups is 1. The van der Waals surface area contributed by atoms with Crippen LogP contribution in [0, 0.1) is 15.9 Å². The van der Waals surface area contributed by atoms with Crippen LogP contribution in [0.5, 0.6) is 0 Å². The first-order valence-corrected chi connectivity index (χ1v) is 10.8. The van der Waals surface area contributed by atoms with Crippen molar-refractivity contribution in [1.82, 2.24) is 4.98 Å². The van der Waals surface area contributed by atoms with E-state index in [1.807, 2.05) is 0 Å². The zero-order chi connectivity index (χ0) is 21.3. The number of anilines is 1. The van der Waals surface area contributed by atoms with Crippen molar-refractivity contribution in [3.05, 3.63) is 85.4 Å². The Hall–Kier alpha value is -3.02. The largest absolute Gasteiger partial charge is 0.324 e. The lowest BCUT2D eigenvalue weighted by Crippen LogP contribution is -2.25. The number of thiophene rings is 1. The summed E-state index contributed by atoms with van der Waals surface area (Å²) in [6.45, 7) is 0. The van der Waals surface area contributed by atoms with Gasteiger partial charge in [-0.1, -0.05) is 44.7 Å². The van der Waals surface area contributed by atoms with Gasteiger partial charge in [-0.15, -0.1) is 0 Å². The molecule has 11 heteroatoms. The second-order valence-electron chi connectivity index (χ2n) is 5.91. The van der Waals surface area contributed by atoms with Crippen LogP contribution < -0.4 is 5.01 Å². The molecule has 0 N–H and O–H groups in total. The summed E-state index contributed by atoms with van der Waals surface area (Å²) < 4.78 is 14.9. The van der Waals surface area contributed by atoms with Gasteiger partial charge in [-0.25, -0.2) is 9.37 Å². The normalized spacial score (nSPS) is 11.3. The molecule has 0 aliphatic heterocycles. The summed E-state index contributed by atoms with van der Waals surface area (Å²) in [7, 11) is 0. The van der Waals surface area contributed by atoms with Crippen LogP contribution >= 0.6 is 38.6 Å². The molecule has 7 nitrogen and oxygen atoms in total. The lowest BCUT2D eigenvalue weighted by atomic mass is 10.2. The fourth-order valence-electron chi connectivity index (χ4n) is 2.53. The molecule has 0 spiro atoms. The first-order valence-electron chi connectivity index (χ1n) is 8.35. The molecule has 0 aliphatic carbocycles. The molecule has 2 aromatic carbocycles. The molecule has 30 heavy (non-hydrogen) atoms. The summed E-state index contributed by atoms with van der Waals surface area (Å²) in [6.07, 6.45) is 1.36. The van der Waals surface area contributed by atoms with Crippen LogP contribution in [-0.4, -0.2) is 22.0 Å². The Morgan fingerprint density at radius 1 is 1.20 bits per heavy atom. The molecule has 2 heterocycles. The minimum atomic E-state index is -0.492. The van der Waals surface area contributed by atoms with Gasteiger partial charge in [-0.3, -0.25) is 14.9 Å². The fraction of sp³-hybridized carbons (Fsp3) is 0. The summed E-state index contributed by atoms with van der Waals surface area (Å²) in [4.78, 5) is 28.4. The molecule has 0 atom stereocenters. The number of benzene rings is 2. The number of nitro groups is 1. The van der Waals surface area contributed by atoms with Gasteiger partial charge in [0.05, 0.1) is 26.2 Å². The molecular formula is C19H10BrFN4O3S2. The maximum atomic E-state index is 13.6. The third-order valence-corrected chi connectivity index (χ3v) is 6.34. The van der Waals surface area contributed by atoms with Crippen molar-refractivity contribution in [3.63, 3.8) is 0 Å². The van der Waals surface area contributed by atoms with Crippen molar-refractivity contribution in [2.45, 2.75) is 0 Å². The van der Waals surface area contributed by atoms with Gasteiger partial charge in [0, 0.05) is 16.1 Å². The number of hydrogen-bond donors (Lipinski definition) is 0. The van der Waals surface area contributed by atoms with Gasteiger partial charge in [0.25, 0.3) is 5.91 Å². The van der Waals surface area contributed by atoms with Crippen LogP contribution in [0.1, 0.15) is 15.2 Å². The number of hydrogen-bond acceptors (Lipinski definition) is 7. The van der Waals surface area contributed by atoms with E-state index in [9.17, 15) is 19.3 Å². The van der Waals surface area contributed by atoms with E-state index in [0.29, 0.717) is 20.7 Å². The summed E-state index contributed by atoms with van der Waals surface area (Å²) >= 11 is 5.39. The highest BCUT2D eigenvalue weighted by atomic mass is 79.9. The summed E-state index contributed by atoms with van der Waals surface area (Å²) in [5.74, 6) is -0.852. The van der Waals surface area contributed by atoms with Crippen LogP contribution in [-0.2, 0) is 0 Å². The number of thiazole rings is 1. The Morgan fingerprint density at radius 3 is 2.77 bits per heavy atom. The lowest BCUT2D eigenvalue weighted by molar-refractivity contribution is -0.380.